The van der Waals surface area contributed by atoms with Crippen molar-refractivity contribution in [1.29, 1.82) is 0 Å². The Morgan fingerprint density at radius 2 is 1.81 bits per heavy atom. The highest BCUT2D eigenvalue weighted by Gasteiger charge is 2.42. The van der Waals surface area contributed by atoms with Crippen molar-refractivity contribution in [3.63, 3.8) is 0 Å². The fourth-order valence-electron chi connectivity index (χ4n) is 4.36. The van der Waals surface area contributed by atoms with Gasteiger partial charge in [-0.15, -0.1) is 0 Å². The first-order valence-corrected chi connectivity index (χ1v) is 10.3. The summed E-state index contributed by atoms with van der Waals surface area (Å²) in [5, 5.41) is 0. The summed E-state index contributed by atoms with van der Waals surface area (Å²) in [7, 11) is 0. The van der Waals surface area contributed by atoms with Crippen LogP contribution in [0, 0.1) is 0 Å². The minimum atomic E-state index is -0.376. The fourth-order valence-corrected chi connectivity index (χ4v) is 4.62. The van der Waals surface area contributed by atoms with Crippen molar-refractivity contribution in [3.8, 4) is 0 Å². The molecule has 1 heterocycles. The van der Waals surface area contributed by atoms with Gasteiger partial charge in [0.2, 0.25) is 5.91 Å². The molecule has 4 heteroatoms. The number of likely N-dealkylation sites (tertiary alicyclic amines) is 1. The average molecular weight is 428 g/mol. The molecular formula is C23H26BrNO2. The van der Waals surface area contributed by atoms with Gasteiger partial charge in [-0.05, 0) is 43.0 Å². The van der Waals surface area contributed by atoms with Crippen LogP contribution in [0.2, 0.25) is 0 Å². The van der Waals surface area contributed by atoms with E-state index in [9.17, 15) is 9.59 Å². The van der Waals surface area contributed by atoms with Crippen molar-refractivity contribution >= 4 is 27.6 Å². The largest absolute Gasteiger partial charge is 0.336 e. The highest BCUT2D eigenvalue weighted by molar-refractivity contribution is 9.10. The van der Waals surface area contributed by atoms with Crippen LogP contribution in [0.4, 0.5) is 0 Å². The molecule has 3 rings (SSSR count). The van der Waals surface area contributed by atoms with Gasteiger partial charge in [-0.3, -0.25) is 9.59 Å². The number of carbonyl (C=O) groups excluding carboxylic acids is 2. The number of hydrogen-bond donors (Lipinski definition) is 0. The lowest BCUT2D eigenvalue weighted by molar-refractivity contribution is -0.139. The van der Waals surface area contributed by atoms with Gasteiger partial charge in [0.25, 0.3) is 0 Å². The molecule has 0 spiro atoms. The van der Waals surface area contributed by atoms with E-state index >= 15 is 0 Å². The van der Waals surface area contributed by atoms with Crippen molar-refractivity contribution in [2.24, 2.45) is 0 Å². The Balaban J connectivity index is 1.87. The molecule has 142 valence electrons. The topological polar surface area (TPSA) is 37.4 Å². The fraction of sp³-hybridized carbons (Fsp3) is 0.391. The van der Waals surface area contributed by atoms with Crippen molar-refractivity contribution < 1.29 is 9.59 Å². The number of ketones is 1. The van der Waals surface area contributed by atoms with E-state index in [-0.39, 0.29) is 23.1 Å². The Morgan fingerprint density at radius 1 is 1.15 bits per heavy atom. The SMILES string of the molecule is CC[C@@H](c1ccc(Br)cc1)N1CCC(CC(C)=O)(c2ccccc2)CC1=O. The zero-order chi connectivity index (χ0) is 19.4. The van der Waals surface area contributed by atoms with Crippen LogP contribution in [-0.4, -0.2) is 23.1 Å². The summed E-state index contributed by atoms with van der Waals surface area (Å²) in [5.74, 6) is 0.279. The third kappa shape index (κ3) is 4.32. The van der Waals surface area contributed by atoms with Gasteiger partial charge in [0, 0.05) is 29.3 Å². The summed E-state index contributed by atoms with van der Waals surface area (Å²) in [6.45, 7) is 4.42. The van der Waals surface area contributed by atoms with Crippen LogP contribution in [0.5, 0.6) is 0 Å². The molecule has 3 nitrogen and oxygen atoms in total. The van der Waals surface area contributed by atoms with Crippen molar-refractivity contribution in [1.82, 2.24) is 4.90 Å². The van der Waals surface area contributed by atoms with Crippen LogP contribution in [0.15, 0.2) is 59.1 Å². The normalized spacial score (nSPS) is 21.1. The van der Waals surface area contributed by atoms with Crippen LogP contribution in [0.25, 0.3) is 0 Å². The van der Waals surface area contributed by atoms with Crippen LogP contribution in [0.3, 0.4) is 0 Å². The van der Waals surface area contributed by atoms with Crippen LogP contribution in [0.1, 0.15) is 56.7 Å². The number of piperidine rings is 1. The molecule has 2 atom stereocenters. The van der Waals surface area contributed by atoms with Crippen LogP contribution in [-0.2, 0) is 15.0 Å². The maximum Gasteiger partial charge on any atom is 0.223 e. The molecule has 0 radical (unpaired) electrons. The Hall–Kier alpha value is -1.94. The minimum absolute atomic E-state index is 0.0803. The molecular weight excluding hydrogens is 402 g/mol. The number of amides is 1. The maximum atomic E-state index is 13.2. The molecule has 2 aromatic carbocycles. The Kier molecular flexibility index (Phi) is 6.15. The molecule has 0 saturated carbocycles. The molecule has 0 N–H and O–H groups in total. The summed E-state index contributed by atoms with van der Waals surface area (Å²) in [5.41, 5.74) is 1.89. The summed E-state index contributed by atoms with van der Waals surface area (Å²) < 4.78 is 1.04. The third-order valence-electron chi connectivity index (χ3n) is 5.63. The second-order valence-electron chi connectivity index (χ2n) is 7.51. The summed E-state index contributed by atoms with van der Waals surface area (Å²) >= 11 is 3.48. The Bertz CT molecular complexity index is 803. The molecule has 0 aliphatic carbocycles. The van der Waals surface area contributed by atoms with Gasteiger partial charge in [0.15, 0.2) is 0 Å². The monoisotopic (exact) mass is 427 g/mol. The summed E-state index contributed by atoms with van der Waals surface area (Å²) in [6.07, 6.45) is 2.50. The number of rotatable bonds is 6. The zero-order valence-corrected chi connectivity index (χ0v) is 17.5. The molecule has 1 fully saturated rings. The Morgan fingerprint density at radius 3 is 2.37 bits per heavy atom. The third-order valence-corrected chi connectivity index (χ3v) is 6.16. The van der Waals surface area contributed by atoms with E-state index in [1.807, 2.05) is 35.2 Å². The standard InChI is InChI=1S/C23H26BrNO2/c1-3-21(18-9-11-20(24)12-10-18)25-14-13-23(15-17(2)26,16-22(25)27)19-7-5-4-6-8-19/h4-12,21H,3,13-16H2,1-2H3/t21-,23?/m0/s1. The van der Waals surface area contributed by atoms with Crippen molar-refractivity contribution in [2.75, 3.05) is 6.54 Å². The van der Waals surface area contributed by atoms with Crippen LogP contribution >= 0.6 is 15.9 Å². The summed E-state index contributed by atoms with van der Waals surface area (Å²) in [6, 6.07) is 18.4. The predicted molar refractivity (Wildman–Crippen MR) is 112 cm³/mol. The van der Waals surface area contributed by atoms with Crippen molar-refractivity contribution in [2.45, 2.75) is 51.0 Å². The molecule has 2 aromatic rings. The van der Waals surface area contributed by atoms with E-state index < -0.39 is 0 Å². The van der Waals surface area contributed by atoms with Gasteiger partial charge in [0.1, 0.15) is 5.78 Å². The zero-order valence-electron chi connectivity index (χ0n) is 16.0. The highest BCUT2D eigenvalue weighted by atomic mass is 79.9. The first-order chi connectivity index (χ1) is 12.9. The lowest BCUT2D eigenvalue weighted by Gasteiger charge is -2.44. The molecule has 1 aliphatic heterocycles. The molecule has 1 aliphatic rings. The number of benzene rings is 2. The summed E-state index contributed by atoms with van der Waals surface area (Å²) in [4.78, 5) is 27.2. The molecule has 1 amide bonds. The first kappa shape index (κ1) is 19.8. The van der Waals surface area contributed by atoms with Gasteiger partial charge in [0.05, 0.1) is 6.04 Å². The number of nitrogens with zero attached hydrogens (tertiary/aromatic N) is 1. The maximum absolute atomic E-state index is 13.2. The van der Waals surface area contributed by atoms with E-state index in [0.29, 0.717) is 19.4 Å². The quantitative estimate of drug-likeness (QED) is 0.615. The number of Topliss-reactive ketones (excluding diaryl/α,β-unsaturated/α-hetero) is 1. The van der Waals surface area contributed by atoms with E-state index in [4.69, 9.17) is 0 Å². The Labute approximate surface area is 169 Å². The van der Waals surface area contributed by atoms with E-state index in [2.05, 4.69) is 47.1 Å². The average Bonchev–Trinajstić information content (AvgIpc) is 2.65. The number of hydrogen-bond acceptors (Lipinski definition) is 2. The van der Waals surface area contributed by atoms with Gasteiger partial charge < -0.3 is 4.90 Å². The van der Waals surface area contributed by atoms with E-state index in [0.717, 1.165) is 28.4 Å². The lowest BCUT2D eigenvalue weighted by atomic mass is 9.69. The number of carbonyl (C=O) groups is 2. The van der Waals surface area contributed by atoms with E-state index in [1.165, 1.54) is 0 Å². The molecule has 27 heavy (non-hydrogen) atoms. The van der Waals surface area contributed by atoms with Gasteiger partial charge >= 0.3 is 0 Å². The van der Waals surface area contributed by atoms with Gasteiger partial charge in [-0.1, -0.05) is 65.3 Å². The minimum Gasteiger partial charge on any atom is -0.336 e. The highest BCUT2D eigenvalue weighted by Crippen LogP contribution is 2.42. The number of halogens is 1. The smallest absolute Gasteiger partial charge is 0.223 e. The van der Waals surface area contributed by atoms with Gasteiger partial charge in [-0.25, -0.2) is 0 Å². The van der Waals surface area contributed by atoms with Crippen molar-refractivity contribution in [3.05, 3.63) is 70.2 Å². The van der Waals surface area contributed by atoms with E-state index in [1.54, 1.807) is 6.92 Å². The van der Waals surface area contributed by atoms with Crippen LogP contribution < -0.4 is 0 Å². The lowest BCUT2D eigenvalue weighted by Crippen LogP contribution is -2.48. The molecule has 0 bridgehead atoms. The first-order valence-electron chi connectivity index (χ1n) is 9.55. The van der Waals surface area contributed by atoms with Gasteiger partial charge in [-0.2, -0.15) is 0 Å². The molecule has 0 aromatic heterocycles. The molecule has 1 saturated heterocycles. The second kappa shape index (κ2) is 8.39. The molecule has 1 unspecified atom stereocenters. The second-order valence-corrected chi connectivity index (χ2v) is 8.43. The predicted octanol–water partition coefficient (Wildman–Crippen LogP) is 5.44.